The zero-order valence-electron chi connectivity index (χ0n) is 28.4. The van der Waals surface area contributed by atoms with Crippen molar-refractivity contribution in [1.29, 1.82) is 0 Å². The van der Waals surface area contributed by atoms with Crippen molar-refractivity contribution in [3.63, 3.8) is 0 Å². The van der Waals surface area contributed by atoms with Crippen LogP contribution in [-0.4, -0.2) is 40.7 Å². The number of thioether (sulfide) groups is 1. The molecule has 0 bridgehead atoms. The first kappa shape index (κ1) is 38.1. The van der Waals surface area contributed by atoms with Crippen molar-refractivity contribution >= 4 is 68.3 Å². The van der Waals surface area contributed by atoms with E-state index in [0.29, 0.717) is 32.3 Å². The van der Waals surface area contributed by atoms with Gasteiger partial charge >= 0.3 is 0 Å². The third kappa shape index (κ3) is 9.58. The first-order valence-corrected chi connectivity index (χ1v) is 18.3. The quantitative estimate of drug-likeness (QED) is 0.0824. The first-order valence-electron chi connectivity index (χ1n) is 16.1. The van der Waals surface area contributed by atoms with Crippen molar-refractivity contribution in [2.45, 2.75) is 19.6 Å². The van der Waals surface area contributed by atoms with Crippen molar-refractivity contribution in [1.82, 2.24) is 10.2 Å². The van der Waals surface area contributed by atoms with Crippen molar-refractivity contribution in [3.8, 4) is 11.5 Å². The number of ether oxygens (including phenoxy) is 2. The molecule has 1 aliphatic heterocycles. The van der Waals surface area contributed by atoms with Crippen LogP contribution in [0, 0.1) is 0 Å². The van der Waals surface area contributed by atoms with Gasteiger partial charge in [-0.05, 0) is 65.6 Å². The van der Waals surface area contributed by atoms with Gasteiger partial charge in [-0.15, -0.1) is 0 Å². The summed E-state index contributed by atoms with van der Waals surface area (Å²) in [6.45, 7) is 5.76. The number of benzene rings is 4. The number of methoxy groups -OCH3 is 1. The number of hydrogen-bond acceptors (Lipinski definition) is 6. The van der Waals surface area contributed by atoms with Crippen molar-refractivity contribution < 1.29 is 23.9 Å². The van der Waals surface area contributed by atoms with Crippen LogP contribution < -0.4 is 14.8 Å². The van der Waals surface area contributed by atoms with Crippen LogP contribution in [0.1, 0.15) is 35.2 Å². The average Bonchev–Trinajstić information content (AvgIpc) is 3.16. The van der Waals surface area contributed by atoms with Gasteiger partial charge in [0.2, 0.25) is 5.91 Å². The van der Waals surface area contributed by atoms with Gasteiger partial charge in [-0.25, -0.2) is 0 Å². The fourth-order valence-electron chi connectivity index (χ4n) is 5.22. The smallest absolute Gasteiger partial charge is 0.285 e. The van der Waals surface area contributed by atoms with Gasteiger partial charge in [0, 0.05) is 15.2 Å². The van der Waals surface area contributed by atoms with Crippen LogP contribution >= 0.6 is 39.3 Å². The minimum Gasteiger partial charge on any atom is -0.493 e. The van der Waals surface area contributed by atoms with Crippen LogP contribution in [0.15, 0.2) is 149 Å². The van der Waals surface area contributed by atoms with Crippen LogP contribution in [0.5, 0.6) is 11.5 Å². The van der Waals surface area contributed by atoms with Gasteiger partial charge < -0.3 is 14.8 Å². The zero-order valence-corrected chi connectivity index (χ0v) is 31.6. The number of aliphatic imine (C=N–C) groups is 1. The number of amides is 3. The number of hydrogen-bond donors (Lipinski definition) is 1. The summed E-state index contributed by atoms with van der Waals surface area (Å²) in [5.41, 5.74) is 3.51. The molecule has 1 N–H and O–H groups in total. The van der Waals surface area contributed by atoms with Gasteiger partial charge in [-0.1, -0.05) is 137 Å². The van der Waals surface area contributed by atoms with E-state index < -0.39 is 17.9 Å². The third-order valence-corrected chi connectivity index (χ3v) is 9.68. The molecule has 0 unspecified atom stereocenters. The number of amidine groups is 1. The maximum atomic E-state index is 14.2. The van der Waals surface area contributed by atoms with E-state index in [2.05, 4.69) is 32.8 Å². The molecule has 11 heteroatoms. The Hall–Kier alpha value is -5.16. The second-order valence-corrected chi connectivity index (χ2v) is 13.5. The van der Waals surface area contributed by atoms with E-state index in [-0.39, 0.29) is 29.0 Å². The minimum absolute atomic E-state index is 0.0719. The molecule has 8 nitrogen and oxygen atoms in total. The van der Waals surface area contributed by atoms with Crippen LogP contribution in [-0.2, 0) is 21.0 Å². The van der Waals surface area contributed by atoms with Gasteiger partial charge in [0.05, 0.1) is 18.9 Å². The molecule has 52 heavy (non-hydrogen) atoms. The molecule has 0 atom stereocenters. The molecule has 0 saturated carbocycles. The number of nitrogens with one attached hydrogen (secondary N) is 1. The summed E-state index contributed by atoms with van der Waals surface area (Å²) in [6, 6.07) is 29.6. The van der Waals surface area contributed by atoms with E-state index in [1.165, 1.54) is 18.1 Å². The topological polar surface area (TPSA) is 97.3 Å². The normalized spacial score (nSPS) is 14.2. The van der Waals surface area contributed by atoms with Gasteiger partial charge in [0.15, 0.2) is 16.7 Å². The van der Waals surface area contributed by atoms with Crippen LogP contribution in [0.2, 0.25) is 5.02 Å². The molecule has 4 aromatic rings. The molecular weight excluding hydrogens is 762 g/mol. The van der Waals surface area contributed by atoms with E-state index in [0.717, 1.165) is 28.5 Å². The molecule has 0 saturated heterocycles. The molecule has 1 heterocycles. The maximum absolute atomic E-state index is 14.2. The number of allylic oxidation sites excluding steroid dienone is 4. The molecule has 264 valence electrons. The summed E-state index contributed by atoms with van der Waals surface area (Å²) in [5, 5.41) is 3.80. The average molecular weight is 797 g/mol. The Morgan fingerprint density at radius 2 is 1.65 bits per heavy atom. The van der Waals surface area contributed by atoms with Crippen molar-refractivity contribution in [2.75, 3.05) is 12.9 Å². The Balaban J connectivity index is 1.41. The van der Waals surface area contributed by atoms with Crippen LogP contribution in [0.4, 0.5) is 0 Å². The minimum atomic E-state index is -0.743. The fourth-order valence-corrected chi connectivity index (χ4v) is 6.60. The van der Waals surface area contributed by atoms with E-state index in [4.69, 9.17) is 21.1 Å². The summed E-state index contributed by atoms with van der Waals surface area (Å²) in [5.74, 6) is -0.901. The lowest BCUT2D eigenvalue weighted by molar-refractivity contribution is -0.126. The highest BCUT2D eigenvalue weighted by Crippen LogP contribution is 2.36. The standard InChI is InChI=1S/C41H35BrClN3O5S/c1-4-6-17-32(5-2)46-40(49)33(22-30-23-35(50-3)36(24-34(30)42)51-25-27-18-20-31(43)21-19-27)39(48)45-41(46)52-26-37(47)44-38(28-13-9-7-10-14-28)29-15-11-8-12-16-29/h4-24,38H,1,25-26H2,2-3H3,(H,44,47)/b17-6-,32-5+,33-22+. The lowest BCUT2D eigenvalue weighted by Crippen LogP contribution is -2.42. The monoisotopic (exact) mass is 795 g/mol. The Morgan fingerprint density at radius 3 is 2.25 bits per heavy atom. The highest BCUT2D eigenvalue weighted by atomic mass is 79.9. The highest BCUT2D eigenvalue weighted by Gasteiger charge is 2.35. The molecule has 0 aromatic heterocycles. The maximum Gasteiger partial charge on any atom is 0.285 e. The molecule has 0 spiro atoms. The predicted molar refractivity (Wildman–Crippen MR) is 212 cm³/mol. The Morgan fingerprint density at radius 1 is 1.00 bits per heavy atom. The Labute approximate surface area is 320 Å². The molecule has 3 amide bonds. The van der Waals surface area contributed by atoms with Crippen LogP contribution in [0.3, 0.4) is 0 Å². The Bertz CT molecular complexity index is 2030. The number of rotatable bonds is 13. The van der Waals surface area contributed by atoms with E-state index in [1.807, 2.05) is 72.8 Å². The fraction of sp³-hybridized carbons (Fsp3) is 0.122. The van der Waals surface area contributed by atoms with E-state index >= 15 is 0 Å². The van der Waals surface area contributed by atoms with Gasteiger partial charge in [0.1, 0.15) is 12.2 Å². The summed E-state index contributed by atoms with van der Waals surface area (Å²) in [6.07, 6.45) is 8.10. The number of nitrogens with zero attached hydrogens (tertiary/aromatic N) is 2. The number of carbonyl (C=O) groups is 3. The number of halogens is 2. The van der Waals surface area contributed by atoms with E-state index in [1.54, 1.807) is 55.5 Å². The van der Waals surface area contributed by atoms with Crippen molar-refractivity contribution in [2.24, 2.45) is 4.99 Å². The third-order valence-electron chi connectivity index (χ3n) is 7.80. The lowest BCUT2D eigenvalue weighted by atomic mass is 9.99. The number of carbonyl (C=O) groups excluding carboxylic acids is 3. The second kappa shape index (κ2) is 18.4. The predicted octanol–water partition coefficient (Wildman–Crippen LogP) is 9.08. The molecule has 0 radical (unpaired) electrons. The van der Waals surface area contributed by atoms with Crippen LogP contribution in [0.25, 0.3) is 6.08 Å². The first-order chi connectivity index (χ1) is 25.2. The molecule has 1 aliphatic rings. The summed E-state index contributed by atoms with van der Waals surface area (Å²) in [7, 11) is 1.50. The second-order valence-electron chi connectivity index (χ2n) is 11.3. The highest BCUT2D eigenvalue weighted by molar-refractivity contribution is 9.10. The Kier molecular flexibility index (Phi) is 13.4. The molecule has 4 aromatic carbocycles. The summed E-state index contributed by atoms with van der Waals surface area (Å²) < 4.78 is 12.2. The lowest BCUT2D eigenvalue weighted by Gasteiger charge is -2.28. The van der Waals surface area contributed by atoms with Gasteiger partial charge in [0.25, 0.3) is 11.8 Å². The molecular formula is C41H35BrClN3O5S. The zero-order chi connectivity index (χ0) is 37.0. The molecule has 0 aliphatic carbocycles. The van der Waals surface area contributed by atoms with E-state index in [9.17, 15) is 14.4 Å². The summed E-state index contributed by atoms with van der Waals surface area (Å²) >= 11 is 10.6. The summed E-state index contributed by atoms with van der Waals surface area (Å²) in [4.78, 5) is 46.8. The molecule has 5 rings (SSSR count). The van der Waals surface area contributed by atoms with Gasteiger partial charge in [-0.2, -0.15) is 4.99 Å². The van der Waals surface area contributed by atoms with Crippen molar-refractivity contribution in [3.05, 3.63) is 171 Å². The largest absolute Gasteiger partial charge is 0.493 e. The van der Waals surface area contributed by atoms with Gasteiger partial charge in [-0.3, -0.25) is 19.3 Å². The molecule has 0 fully saturated rings. The SMILES string of the molecule is C=C/C=C\C(=C/C)N1C(=O)/C(=C/c2cc(OC)c(OCc3ccc(Cl)cc3)cc2Br)C(=O)N=C1SCC(=O)NC(c1ccccc1)c1ccccc1.